The lowest BCUT2D eigenvalue weighted by molar-refractivity contribution is 0.186. The lowest BCUT2D eigenvalue weighted by atomic mass is 10.3. The molecule has 6 nitrogen and oxygen atoms in total. The molecule has 0 aliphatic carbocycles. The third-order valence-corrected chi connectivity index (χ3v) is 4.41. The lowest BCUT2D eigenvalue weighted by Crippen LogP contribution is -2.11. The van der Waals surface area contributed by atoms with Crippen LogP contribution in [0.2, 0.25) is 0 Å². The van der Waals surface area contributed by atoms with Crippen molar-refractivity contribution in [2.75, 3.05) is 12.4 Å². The van der Waals surface area contributed by atoms with Gasteiger partial charge in [0.1, 0.15) is 0 Å². The van der Waals surface area contributed by atoms with Crippen LogP contribution in [0, 0.1) is 0 Å². The number of nitrogens with zero attached hydrogens (tertiary/aromatic N) is 1. The quantitative estimate of drug-likeness (QED) is 0.778. The second-order valence-corrected chi connectivity index (χ2v) is 5.94. The molecular weight excluding hydrogens is 302 g/mol. The zero-order valence-electron chi connectivity index (χ0n) is 11.7. The molecule has 0 bridgehead atoms. The third-order valence-electron chi connectivity index (χ3n) is 3.03. The van der Waals surface area contributed by atoms with Crippen LogP contribution in [0.15, 0.2) is 58.3 Å². The van der Waals surface area contributed by atoms with E-state index in [9.17, 15) is 9.00 Å². The standard InChI is InChI=1S/C15H13N3O3S/c1-21-15(19)18-14-16-12-8-7-11(9-13(12)17-14)22(20)10-5-3-2-4-6-10/h2-9H,1H3,(H2,16,17,18,19)/t22-/m0/s1. The Labute approximate surface area is 129 Å². The largest absolute Gasteiger partial charge is 0.453 e. The summed E-state index contributed by atoms with van der Waals surface area (Å²) in [6.07, 6.45) is -0.604. The SMILES string of the molecule is COC(=O)Nc1nc2ccc([S@@](=O)c3ccccc3)cc2[nH]1. The molecule has 3 rings (SSSR count). The van der Waals surface area contributed by atoms with Crippen molar-refractivity contribution < 1.29 is 13.7 Å². The molecule has 7 heteroatoms. The highest BCUT2D eigenvalue weighted by Crippen LogP contribution is 2.21. The number of nitrogens with one attached hydrogen (secondary N) is 2. The number of rotatable bonds is 3. The molecule has 2 N–H and O–H groups in total. The molecule has 1 atom stereocenters. The minimum Gasteiger partial charge on any atom is -0.453 e. The summed E-state index contributed by atoms with van der Waals surface area (Å²) in [4.78, 5) is 19.7. The monoisotopic (exact) mass is 315 g/mol. The first-order valence-corrected chi connectivity index (χ1v) is 7.64. The summed E-state index contributed by atoms with van der Waals surface area (Å²) < 4.78 is 17.0. The van der Waals surface area contributed by atoms with E-state index in [4.69, 9.17) is 0 Å². The molecular formula is C15H13N3O3S. The molecule has 0 aliphatic heterocycles. The summed E-state index contributed by atoms with van der Waals surface area (Å²) >= 11 is 0. The predicted molar refractivity (Wildman–Crippen MR) is 83.2 cm³/mol. The van der Waals surface area contributed by atoms with Gasteiger partial charge in [0.25, 0.3) is 0 Å². The molecule has 0 aliphatic rings. The van der Waals surface area contributed by atoms with Gasteiger partial charge in [0.05, 0.1) is 28.9 Å². The smallest absolute Gasteiger partial charge is 0.413 e. The third kappa shape index (κ3) is 2.84. The molecule has 112 valence electrons. The predicted octanol–water partition coefficient (Wildman–Crippen LogP) is 2.91. The summed E-state index contributed by atoms with van der Waals surface area (Å²) in [5, 5.41) is 2.46. The van der Waals surface area contributed by atoms with Gasteiger partial charge in [-0.05, 0) is 30.3 Å². The topological polar surface area (TPSA) is 84.1 Å². The normalized spacial score (nSPS) is 12.0. The number of aromatic amines is 1. The van der Waals surface area contributed by atoms with Crippen LogP contribution >= 0.6 is 0 Å². The van der Waals surface area contributed by atoms with Crippen LogP contribution in [0.25, 0.3) is 11.0 Å². The first kappa shape index (κ1) is 14.3. The average Bonchev–Trinajstić information content (AvgIpc) is 2.96. The van der Waals surface area contributed by atoms with Crippen LogP contribution in [0.4, 0.5) is 10.7 Å². The molecule has 2 aromatic carbocycles. The Bertz CT molecular complexity index is 846. The lowest BCUT2D eigenvalue weighted by Gasteiger charge is -2.01. The van der Waals surface area contributed by atoms with Gasteiger partial charge < -0.3 is 9.72 Å². The summed E-state index contributed by atoms with van der Waals surface area (Å²) in [5.74, 6) is 0.282. The number of H-pyrrole nitrogens is 1. The zero-order valence-corrected chi connectivity index (χ0v) is 12.5. The molecule has 0 spiro atoms. The first-order chi connectivity index (χ1) is 10.7. The van der Waals surface area contributed by atoms with Gasteiger partial charge in [0.2, 0.25) is 5.95 Å². The molecule has 1 heterocycles. The van der Waals surface area contributed by atoms with Crippen LogP contribution in [-0.4, -0.2) is 27.4 Å². The Hall–Kier alpha value is -2.67. The number of fused-ring (bicyclic) bond motifs is 1. The number of hydrogen-bond donors (Lipinski definition) is 2. The fourth-order valence-electron chi connectivity index (χ4n) is 1.99. The highest BCUT2D eigenvalue weighted by Gasteiger charge is 2.11. The van der Waals surface area contributed by atoms with Crippen molar-refractivity contribution in [1.82, 2.24) is 9.97 Å². The van der Waals surface area contributed by atoms with Crippen molar-refractivity contribution in [3.8, 4) is 0 Å². The number of aromatic nitrogens is 2. The number of carbonyl (C=O) groups excluding carboxylic acids is 1. The number of hydrogen-bond acceptors (Lipinski definition) is 4. The number of ether oxygens (including phenoxy) is 1. The molecule has 3 aromatic rings. The molecule has 0 saturated heterocycles. The Morgan fingerprint density at radius 1 is 1.18 bits per heavy atom. The highest BCUT2D eigenvalue weighted by atomic mass is 32.2. The molecule has 1 amide bonds. The molecule has 1 aromatic heterocycles. The van der Waals surface area contributed by atoms with E-state index < -0.39 is 16.9 Å². The minimum atomic E-state index is -1.27. The fourth-order valence-corrected chi connectivity index (χ4v) is 3.08. The van der Waals surface area contributed by atoms with Crippen LogP contribution in [0.1, 0.15) is 0 Å². The van der Waals surface area contributed by atoms with Gasteiger partial charge in [0, 0.05) is 9.79 Å². The van der Waals surface area contributed by atoms with Crippen LogP contribution in [0.3, 0.4) is 0 Å². The van der Waals surface area contributed by atoms with Gasteiger partial charge in [-0.25, -0.2) is 14.0 Å². The first-order valence-electron chi connectivity index (χ1n) is 6.49. The van der Waals surface area contributed by atoms with Crippen molar-refractivity contribution in [2.24, 2.45) is 0 Å². The van der Waals surface area contributed by atoms with Crippen molar-refractivity contribution >= 4 is 33.9 Å². The van der Waals surface area contributed by atoms with Gasteiger partial charge in [-0.1, -0.05) is 18.2 Å². The van der Waals surface area contributed by atoms with E-state index in [0.29, 0.717) is 15.9 Å². The van der Waals surface area contributed by atoms with E-state index in [2.05, 4.69) is 20.0 Å². The maximum atomic E-state index is 12.5. The van der Waals surface area contributed by atoms with E-state index >= 15 is 0 Å². The number of carbonyl (C=O) groups is 1. The van der Waals surface area contributed by atoms with Crippen molar-refractivity contribution in [2.45, 2.75) is 9.79 Å². The highest BCUT2D eigenvalue weighted by molar-refractivity contribution is 7.85. The van der Waals surface area contributed by atoms with Gasteiger partial charge in [0.15, 0.2) is 0 Å². The number of methoxy groups -OCH3 is 1. The maximum absolute atomic E-state index is 12.5. The summed E-state index contributed by atoms with van der Waals surface area (Å²) in [6, 6.07) is 14.5. The van der Waals surface area contributed by atoms with Crippen molar-refractivity contribution in [1.29, 1.82) is 0 Å². The number of anilines is 1. The van der Waals surface area contributed by atoms with Crippen molar-refractivity contribution in [3.05, 3.63) is 48.5 Å². The second-order valence-electron chi connectivity index (χ2n) is 4.46. The number of amides is 1. The minimum absolute atomic E-state index is 0.282. The number of benzene rings is 2. The van der Waals surface area contributed by atoms with Gasteiger partial charge in [-0.15, -0.1) is 0 Å². The van der Waals surface area contributed by atoms with E-state index in [0.717, 1.165) is 4.90 Å². The summed E-state index contributed by atoms with van der Waals surface area (Å²) in [7, 11) is 0.0112. The molecule has 0 saturated carbocycles. The van der Waals surface area contributed by atoms with Crippen LogP contribution in [0.5, 0.6) is 0 Å². The van der Waals surface area contributed by atoms with E-state index in [1.807, 2.05) is 30.3 Å². The maximum Gasteiger partial charge on any atom is 0.413 e. The molecule has 0 fully saturated rings. The molecule has 0 radical (unpaired) electrons. The molecule has 0 unspecified atom stereocenters. The molecule has 22 heavy (non-hydrogen) atoms. The van der Waals surface area contributed by atoms with E-state index in [1.54, 1.807) is 18.2 Å². The number of imidazole rings is 1. The van der Waals surface area contributed by atoms with Gasteiger partial charge in [-0.3, -0.25) is 5.32 Å². The Morgan fingerprint density at radius 2 is 1.95 bits per heavy atom. The summed E-state index contributed by atoms with van der Waals surface area (Å²) in [5.41, 5.74) is 1.35. The van der Waals surface area contributed by atoms with Gasteiger partial charge >= 0.3 is 6.09 Å². The fraction of sp³-hybridized carbons (Fsp3) is 0.0667. The Balaban J connectivity index is 1.93. The van der Waals surface area contributed by atoms with Crippen LogP contribution < -0.4 is 5.32 Å². The Morgan fingerprint density at radius 3 is 2.68 bits per heavy atom. The zero-order chi connectivity index (χ0) is 15.5. The summed E-state index contributed by atoms with van der Waals surface area (Å²) in [6.45, 7) is 0. The average molecular weight is 315 g/mol. The van der Waals surface area contributed by atoms with E-state index in [1.165, 1.54) is 7.11 Å². The van der Waals surface area contributed by atoms with E-state index in [-0.39, 0.29) is 5.95 Å². The second kappa shape index (κ2) is 5.98. The Kier molecular flexibility index (Phi) is 3.88. The van der Waals surface area contributed by atoms with Gasteiger partial charge in [-0.2, -0.15) is 0 Å². The van der Waals surface area contributed by atoms with Crippen LogP contribution in [-0.2, 0) is 15.5 Å². The van der Waals surface area contributed by atoms with Crippen molar-refractivity contribution in [3.63, 3.8) is 0 Å².